The van der Waals surface area contributed by atoms with Gasteiger partial charge in [-0.1, -0.05) is 24.6 Å². The van der Waals surface area contributed by atoms with Crippen molar-refractivity contribution in [1.82, 2.24) is 19.9 Å². The monoisotopic (exact) mass is 601 g/mol. The van der Waals surface area contributed by atoms with E-state index in [1.54, 1.807) is 13.8 Å². The molecule has 3 aromatic rings. The van der Waals surface area contributed by atoms with Gasteiger partial charge in [-0.3, -0.25) is 4.90 Å². The topological polar surface area (TPSA) is 89.9 Å². The molecule has 1 aliphatic carbocycles. The summed E-state index contributed by atoms with van der Waals surface area (Å²) in [5.41, 5.74) is 1.75. The summed E-state index contributed by atoms with van der Waals surface area (Å²) >= 11 is 6.86. The van der Waals surface area contributed by atoms with Crippen molar-refractivity contribution < 1.29 is 9.84 Å². The Balaban J connectivity index is 1.16. The lowest BCUT2D eigenvalue weighted by atomic mass is 9.73. The van der Waals surface area contributed by atoms with Crippen molar-refractivity contribution in [1.29, 1.82) is 0 Å². The number of piperazine rings is 1. The zero-order valence-corrected chi connectivity index (χ0v) is 26.5. The van der Waals surface area contributed by atoms with E-state index in [2.05, 4.69) is 60.0 Å². The van der Waals surface area contributed by atoms with Gasteiger partial charge in [0.1, 0.15) is 17.2 Å². The number of hydrogen-bond donors (Lipinski definition) is 2. The third-order valence-corrected chi connectivity index (χ3v) is 11.4. The lowest BCUT2D eigenvalue weighted by molar-refractivity contribution is -0.0949. The minimum Gasteiger partial charge on any atom is -0.384 e. The molecule has 226 valence electrons. The Morgan fingerprint density at radius 2 is 1.91 bits per heavy atom. The molecule has 43 heavy (non-hydrogen) atoms. The van der Waals surface area contributed by atoms with E-state index in [9.17, 15) is 5.11 Å². The predicted octanol–water partition coefficient (Wildman–Crippen LogP) is 5.37. The number of fused-ring (bicyclic) bond motifs is 4. The first-order valence-corrected chi connectivity index (χ1v) is 15.7. The Morgan fingerprint density at radius 3 is 2.60 bits per heavy atom. The molecule has 10 heteroatoms. The Bertz CT molecular complexity index is 1640. The zero-order chi connectivity index (χ0) is 30.1. The number of hydrogen-bond acceptors (Lipinski definition) is 9. The molecule has 4 aliphatic heterocycles. The van der Waals surface area contributed by atoms with Crippen LogP contribution in [0.25, 0.3) is 0 Å². The molecular formula is C33H40ClN7O2. The quantitative estimate of drug-likeness (QED) is 0.401. The van der Waals surface area contributed by atoms with Gasteiger partial charge >= 0.3 is 0 Å². The molecule has 2 unspecified atom stereocenters. The highest BCUT2D eigenvalue weighted by Crippen LogP contribution is 2.73. The van der Waals surface area contributed by atoms with Gasteiger partial charge in [-0.05, 0) is 77.9 Å². The van der Waals surface area contributed by atoms with E-state index in [0.717, 1.165) is 53.1 Å². The lowest BCUT2D eigenvalue weighted by Gasteiger charge is -2.46. The molecule has 1 spiro atoms. The number of pyridine rings is 1. The van der Waals surface area contributed by atoms with E-state index in [-0.39, 0.29) is 16.6 Å². The minimum absolute atomic E-state index is 0.232. The molecule has 3 saturated heterocycles. The van der Waals surface area contributed by atoms with E-state index in [1.807, 2.05) is 30.5 Å². The Kier molecular flexibility index (Phi) is 5.65. The number of nitrogens with zero attached hydrogens (tertiary/aromatic N) is 6. The van der Waals surface area contributed by atoms with Crippen LogP contribution < -0.4 is 15.1 Å². The molecule has 0 amide bonds. The number of rotatable bonds is 5. The number of ether oxygens (including phenoxy) is 1. The van der Waals surface area contributed by atoms with Crippen molar-refractivity contribution in [2.24, 2.45) is 5.92 Å². The van der Waals surface area contributed by atoms with Crippen LogP contribution in [0.5, 0.6) is 0 Å². The van der Waals surface area contributed by atoms with Gasteiger partial charge in [-0.2, -0.15) is 4.98 Å². The molecule has 5 atom stereocenters. The van der Waals surface area contributed by atoms with Gasteiger partial charge in [0, 0.05) is 54.0 Å². The number of aromatic nitrogens is 3. The van der Waals surface area contributed by atoms with Crippen molar-refractivity contribution in [2.75, 3.05) is 41.9 Å². The third kappa shape index (κ3) is 3.84. The van der Waals surface area contributed by atoms with Crippen molar-refractivity contribution in [3.8, 4) is 0 Å². The van der Waals surface area contributed by atoms with Crippen LogP contribution in [0, 0.1) is 5.92 Å². The summed E-state index contributed by atoms with van der Waals surface area (Å²) in [4.78, 5) is 22.1. The summed E-state index contributed by atoms with van der Waals surface area (Å²) in [5, 5.41) is 15.0. The fraction of sp³-hybridized carbons (Fsp3) is 0.545. The number of halogens is 1. The van der Waals surface area contributed by atoms with Crippen LogP contribution in [0.15, 0.2) is 42.6 Å². The maximum absolute atomic E-state index is 10.8. The molecule has 6 heterocycles. The van der Waals surface area contributed by atoms with Gasteiger partial charge < -0.3 is 25.0 Å². The van der Waals surface area contributed by atoms with Crippen LogP contribution in [0.1, 0.15) is 58.7 Å². The van der Waals surface area contributed by atoms with Crippen molar-refractivity contribution in [3.05, 3.63) is 58.9 Å². The smallest absolute Gasteiger partial charge is 0.229 e. The number of benzene rings is 1. The fourth-order valence-electron chi connectivity index (χ4n) is 8.53. The second kappa shape index (κ2) is 8.81. The highest BCUT2D eigenvalue weighted by molar-refractivity contribution is 6.33. The maximum Gasteiger partial charge on any atom is 0.229 e. The number of nitrogens with one attached hydrogen (secondary N) is 1. The van der Waals surface area contributed by atoms with E-state index in [0.29, 0.717) is 36.3 Å². The molecule has 5 aliphatic rings. The lowest BCUT2D eigenvalue weighted by Crippen LogP contribution is -2.56. The Morgan fingerprint density at radius 1 is 1.09 bits per heavy atom. The second-order valence-electron chi connectivity index (χ2n) is 14.5. The highest BCUT2D eigenvalue weighted by atomic mass is 35.5. The van der Waals surface area contributed by atoms with Crippen LogP contribution in [-0.2, 0) is 15.8 Å². The number of anilines is 5. The molecule has 2 bridgehead atoms. The first-order chi connectivity index (χ1) is 20.3. The predicted molar refractivity (Wildman–Crippen MR) is 169 cm³/mol. The van der Waals surface area contributed by atoms with Crippen molar-refractivity contribution in [2.45, 2.75) is 81.7 Å². The average Bonchev–Trinajstić information content (AvgIpc) is 3.37. The van der Waals surface area contributed by atoms with Crippen LogP contribution in [0.2, 0.25) is 5.02 Å². The highest BCUT2D eigenvalue weighted by Gasteiger charge is 2.79. The number of aliphatic hydroxyl groups is 1. The number of likely N-dealkylation sites (tertiary alicyclic amines) is 1. The SMILES string of the molecule is CN1C[C@H]2C[C@@H]1CN2c1ccc(Nc2ncc3c(n2)N(c2cccc(C(C)(C)O)n2)C24CC2C(C)(C)OC[C@]34C)cc1Cl. The van der Waals surface area contributed by atoms with Crippen LogP contribution in [-0.4, -0.2) is 74.9 Å². The summed E-state index contributed by atoms with van der Waals surface area (Å²) in [6.45, 7) is 12.9. The van der Waals surface area contributed by atoms with E-state index in [4.69, 9.17) is 31.3 Å². The fourth-order valence-corrected chi connectivity index (χ4v) is 8.82. The molecule has 2 N–H and O–H groups in total. The zero-order valence-electron chi connectivity index (χ0n) is 25.7. The van der Waals surface area contributed by atoms with Crippen molar-refractivity contribution >= 4 is 40.6 Å². The molecule has 4 fully saturated rings. The van der Waals surface area contributed by atoms with Crippen LogP contribution in [0.4, 0.5) is 29.0 Å². The summed E-state index contributed by atoms with van der Waals surface area (Å²) in [6, 6.07) is 13.1. The summed E-state index contributed by atoms with van der Waals surface area (Å²) < 4.78 is 6.49. The maximum atomic E-state index is 10.8. The molecule has 1 aromatic carbocycles. The van der Waals surface area contributed by atoms with Crippen molar-refractivity contribution in [3.63, 3.8) is 0 Å². The molecular weight excluding hydrogens is 562 g/mol. The van der Waals surface area contributed by atoms with Crippen LogP contribution in [0.3, 0.4) is 0 Å². The summed E-state index contributed by atoms with van der Waals surface area (Å²) in [7, 11) is 2.21. The first kappa shape index (κ1) is 27.6. The normalized spacial score (nSPS) is 32.0. The molecule has 1 saturated carbocycles. The van der Waals surface area contributed by atoms with Gasteiger partial charge in [0.05, 0.1) is 34.2 Å². The molecule has 0 radical (unpaired) electrons. The molecule has 2 aromatic heterocycles. The van der Waals surface area contributed by atoms with Gasteiger partial charge in [0.2, 0.25) is 5.95 Å². The van der Waals surface area contributed by atoms with Gasteiger partial charge in [-0.15, -0.1) is 0 Å². The van der Waals surface area contributed by atoms with E-state index < -0.39 is 5.60 Å². The molecule has 9 nitrogen and oxygen atoms in total. The standard InChI is InChI=1S/C33H40ClN7O2/c1-30(2,42)26-8-7-9-27(37-26)41-28-22(32(5)18-43-31(3,4)25-14-33(25,32)41)15-35-29(38-28)36-19-10-11-24(23(34)12-19)40-17-20-13-21(40)16-39(20)6/h7-12,15,20-21,25,42H,13-14,16-18H2,1-6H3,(H,35,36,38)/t20-,21-,25?,32-,33?/m1/s1. The first-order valence-electron chi connectivity index (χ1n) is 15.4. The second-order valence-corrected chi connectivity index (χ2v) is 14.9. The average molecular weight is 602 g/mol. The number of likely N-dealkylation sites (N-methyl/N-ethyl adjacent to an activating group) is 1. The van der Waals surface area contributed by atoms with Crippen LogP contribution >= 0.6 is 11.6 Å². The third-order valence-electron chi connectivity index (χ3n) is 11.1. The van der Waals surface area contributed by atoms with Gasteiger partial charge in [0.25, 0.3) is 0 Å². The van der Waals surface area contributed by atoms with E-state index >= 15 is 0 Å². The Labute approximate surface area is 258 Å². The summed E-state index contributed by atoms with van der Waals surface area (Å²) in [6.07, 6.45) is 4.12. The Hall–Kier alpha value is -2.98. The minimum atomic E-state index is -1.06. The molecule has 8 rings (SSSR count). The summed E-state index contributed by atoms with van der Waals surface area (Å²) in [5.74, 6) is 2.42. The largest absolute Gasteiger partial charge is 0.384 e. The van der Waals surface area contributed by atoms with Gasteiger partial charge in [0.15, 0.2) is 0 Å². The van der Waals surface area contributed by atoms with Gasteiger partial charge in [-0.25, -0.2) is 9.97 Å². The van der Waals surface area contributed by atoms with E-state index in [1.165, 1.54) is 6.42 Å².